The first-order valence-electron chi connectivity index (χ1n) is 6.29. The number of carbonyl (C=O) groups excluding carboxylic acids is 1. The van der Waals surface area contributed by atoms with Gasteiger partial charge in [0.1, 0.15) is 0 Å². The minimum absolute atomic E-state index is 0.0633. The molecule has 0 aromatic heterocycles. The standard InChI is InChI=1S/C14H20N2O2/c1-10-4-3-5-11(6-10)7-16-14(17)12-8-18-9-13(12)15-2/h3-6,12-13,15H,7-9H2,1-2H3,(H,16,17). The Labute approximate surface area is 108 Å². The number of carbonyl (C=O) groups is 1. The molecular weight excluding hydrogens is 228 g/mol. The lowest BCUT2D eigenvalue weighted by molar-refractivity contribution is -0.125. The fraction of sp³-hybridized carbons (Fsp3) is 0.500. The fourth-order valence-electron chi connectivity index (χ4n) is 2.24. The van der Waals surface area contributed by atoms with Crippen LogP contribution in [0.1, 0.15) is 11.1 Å². The molecule has 1 fully saturated rings. The minimum Gasteiger partial charge on any atom is -0.379 e. The average molecular weight is 248 g/mol. The number of amides is 1. The number of ether oxygens (including phenoxy) is 1. The Balaban J connectivity index is 1.88. The number of aryl methyl sites for hydroxylation is 1. The number of benzene rings is 1. The molecule has 18 heavy (non-hydrogen) atoms. The van der Waals surface area contributed by atoms with E-state index >= 15 is 0 Å². The molecule has 1 aliphatic heterocycles. The molecule has 4 heteroatoms. The summed E-state index contributed by atoms with van der Waals surface area (Å²) in [5, 5.41) is 6.09. The van der Waals surface area contributed by atoms with Gasteiger partial charge in [0.15, 0.2) is 0 Å². The fourth-order valence-corrected chi connectivity index (χ4v) is 2.24. The first kappa shape index (κ1) is 13.1. The first-order valence-corrected chi connectivity index (χ1v) is 6.29. The molecule has 0 radical (unpaired) electrons. The van der Waals surface area contributed by atoms with Crippen LogP contribution in [0.2, 0.25) is 0 Å². The Morgan fingerprint density at radius 3 is 3.00 bits per heavy atom. The second-order valence-electron chi connectivity index (χ2n) is 4.75. The van der Waals surface area contributed by atoms with Gasteiger partial charge in [-0.3, -0.25) is 4.79 Å². The van der Waals surface area contributed by atoms with Crippen molar-refractivity contribution in [2.75, 3.05) is 20.3 Å². The van der Waals surface area contributed by atoms with E-state index in [0.717, 1.165) is 5.56 Å². The third-order valence-electron chi connectivity index (χ3n) is 3.34. The number of rotatable bonds is 4. The second-order valence-corrected chi connectivity index (χ2v) is 4.75. The molecule has 1 aliphatic rings. The van der Waals surface area contributed by atoms with Gasteiger partial charge < -0.3 is 15.4 Å². The molecule has 0 bridgehead atoms. The van der Waals surface area contributed by atoms with Crippen molar-refractivity contribution in [1.29, 1.82) is 0 Å². The molecule has 1 aromatic carbocycles. The van der Waals surface area contributed by atoms with Crippen molar-refractivity contribution in [2.45, 2.75) is 19.5 Å². The minimum atomic E-state index is -0.0835. The maximum Gasteiger partial charge on any atom is 0.227 e. The van der Waals surface area contributed by atoms with Crippen LogP contribution in [0.4, 0.5) is 0 Å². The van der Waals surface area contributed by atoms with E-state index in [-0.39, 0.29) is 17.9 Å². The zero-order valence-corrected chi connectivity index (χ0v) is 10.9. The van der Waals surface area contributed by atoms with Crippen LogP contribution in [0.25, 0.3) is 0 Å². The average Bonchev–Trinajstić information content (AvgIpc) is 2.84. The number of hydrogen-bond acceptors (Lipinski definition) is 3. The third kappa shape index (κ3) is 3.09. The van der Waals surface area contributed by atoms with Crippen molar-refractivity contribution in [3.63, 3.8) is 0 Å². The molecule has 4 nitrogen and oxygen atoms in total. The normalized spacial score (nSPS) is 23.0. The van der Waals surface area contributed by atoms with Gasteiger partial charge in [0.2, 0.25) is 5.91 Å². The SMILES string of the molecule is CNC1COCC1C(=O)NCc1cccc(C)c1. The van der Waals surface area contributed by atoms with Gasteiger partial charge in [0, 0.05) is 12.6 Å². The van der Waals surface area contributed by atoms with Crippen LogP contribution in [0.15, 0.2) is 24.3 Å². The number of hydrogen-bond donors (Lipinski definition) is 2. The van der Waals surface area contributed by atoms with E-state index in [9.17, 15) is 4.79 Å². The van der Waals surface area contributed by atoms with Gasteiger partial charge in [-0.1, -0.05) is 29.8 Å². The molecule has 1 heterocycles. The van der Waals surface area contributed by atoms with Crippen molar-refractivity contribution >= 4 is 5.91 Å². The summed E-state index contributed by atoms with van der Waals surface area (Å²) in [4.78, 5) is 12.0. The monoisotopic (exact) mass is 248 g/mol. The van der Waals surface area contributed by atoms with E-state index in [1.807, 2.05) is 32.2 Å². The number of nitrogens with one attached hydrogen (secondary N) is 2. The van der Waals surface area contributed by atoms with Crippen LogP contribution in [0.3, 0.4) is 0 Å². The lowest BCUT2D eigenvalue weighted by Gasteiger charge is -2.16. The summed E-state index contributed by atoms with van der Waals surface area (Å²) in [7, 11) is 1.86. The quantitative estimate of drug-likeness (QED) is 0.830. The van der Waals surface area contributed by atoms with Crippen LogP contribution < -0.4 is 10.6 Å². The van der Waals surface area contributed by atoms with Crippen molar-refractivity contribution < 1.29 is 9.53 Å². The summed E-state index contributed by atoms with van der Waals surface area (Å²) in [6.07, 6.45) is 0. The Morgan fingerprint density at radius 2 is 2.28 bits per heavy atom. The van der Waals surface area contributed by atoms with E-state index in [2.05, 4.69) is 16.7 Å². The summed E-state index contributed by atoms with van der Waals surface area (Å²) in [6, 6.07) is 8.29. The van der Waals surface area contributed by atoms with Gasteiger partial charge in [-0.15, -0.1) is 0 Å². The van der Waals surface area contributed by atoms with Gasteiger partial charge >= 0.3 is 0 Å². The van der Waals surface area contributed by atoms with Crippen LogP contribution in [-0.4, -0.2) is 32.2 Å². The highest BCUT2D eigenvalue weighted by molar-refractivity contribution is 5.79. The van der Waals surface area contributed by atoms with Crippen molar-refractivity contribution in [3.05, 3.63) is 35.4 Å². The molecule has 2 rings (SSSR count). The molecule has 1 aromatic rings. The predicted molar refractivity (Wildman–Crippen MR) is 70.2 cm³/mol. The van der Waals surface area contributed by atoms with Crippen LogP contribution in [-0.2, 0) is 16.1 Å². The highest BCUT2D eigenvalue weighted by Crippen LogP contribution is 2.13. The maximum absolute atomic E-state index is 12.0. The van der Waals surface area contributed by atoms with Gasteiger partial charge in [-0.2, -0.15) is 0 Å². The van der Waals surface area contributed by atoms with E-state index in [1.54, 1.807) is 0 Å². The van der Waals surface area contributed by atoms with Crippen molar-refractivity contribution in [1.82, 2.24) is 10.6 Å². The third-order valence-corrected chi connectivity index (χ3v) is 3.34. The summed E-state index contributed by atoms with van der Waals surface area (Å²) < 4.78 is 5.33. The lowest BCUT2D eigenvalue weighted by Crippen LogP contribution is -2.42. The van der Waals surface area contributed by atoms with E-state index in [0.29, 0.717) is 19.8 Å². The maximum atomic E-state index is 12.0. The molecule has 0 spiro atoms. The van der Waals surface area contributed by atoms with Crippen LogP contribution >= 0.6 is 0 Å². The molecular formula is C14H20N2O2. The number of likely N-dealkylation sites (N-methyl/N-ethyl adjacent to an activating group) is 1. The molecule has 1 saturated heterocycles. The van der Waals surface area contributed by atoms with Crippen molar-refractivity contribution in [3.8, 4) is 0 Å². The van der Waals surface area contributed by atoms with Gasteiger partial charge in [-0.05, 0) is 19.5 Å². The van der Waals surface area contributed by atoms with Gasteiger partial charge in [0.25, 0.3) is 0 Å². The highest BCUT2D eigenvalue weighted by atomic mass is 16.5. The molecule has 2 unspecified atom stereocenters. The lowest BCUT2D eigenvalue weighted by atomic mass is 10.0. The van der Waals surface area contributed by atoms with Gasteiger partial charge in [-0.25, -0.2) is 0 Å². The Morgan fingerprint density at radius 1 is 1.44 bits per heavy atom. The summed E-state index contributed by atoms with van der Waals surface area (Å²) in [5.74, 6) is -0.0202. The summed E-state index contributed by atoms with van der Waals surface area (Å²) in [5.41, 5.74) is 2.34. The molecule has 2 N–H and O–H groups in total. The summed E-state index contributed by atoms with van der Waals surface area (Å²) in [6.45, 7) is 3.74. The second kappa shape index (κ2) is 5.98. The largest absolute Gasteiger partial charge is 0.379 e. The molecule has 1 amide bonds. The zero-order valence-electron chi connectivity index (χ0n) is 10.9. The topological polar surface area (TPSA) is 50.4 Å². The van der Waals surface area contributed by atoms with E-state index in [4.69, 9.17) is 4.74 Å². The zero-order chi connectivity index (χ0) is 13.0. The molecule has 0 aliphatic carbocycles. The first-order chi connectivity index (χ1) is 8.70. The van der Waals surface area contributed by atoms with Crippen LogP contribution in [0, 0.1) is 12.8 Å². The summed E-state index contributed by atoms with van der Waals surface area (Å²) >= 11 is 0. The van der Waals surface area contributed by atoms with E-state index < -0.39 is 0 Å². The van der Waals surface area contributed by atoms with Crippen LogP contribution in [0.5, 0.6) is 0 Å². The predicted octanol–water partition coefficient (Wildman–Crippen LogP) is 0.846. The smallest absolute Gasteiger partial charge is 0.227 e. The van der Waals surface area contributed by atoms with Gasteiger partial charge in [0.05, 0.1) is 19.1 Å². The van der Waals surface area contributed by atoms with E-state index in [1.165, 1.54) is 5.56 Å². The molecule has 98 valence electrons. The Kier molecular flexibility index (Phi) is 4.33. The highest BCUT2D eigenvalue weighted by Gasteiger charge is 2.32. The Hall–Kier alpha value is -1.39. The van der Waals surface area contributed by atoms with Crippen molar-refractivity contribution in [2.24, 2.45) is 5.92 Å². The Bertz CT molecular complexity index is 420. The molecule has 2 atom stereocenters. The molecule has 0 saturated carbocycles.